The van der Waals surface area contributed by atoms with Crippen LogP contribution in [0.1, 0.15) is 49.7 Å². The van der Waals surface area contributed by atoms with Gasteiger partial charge < -0.3 is 25.3 Å². The van der Waals surface area contributed by atoms with E-state index in [2.05, 4.69) is 74.2 Å². The van der Waals surface area contributed by atoms with Crippen molar-refractivity contribution in [1.29, 1.82) is 0 Å². The second-order valence-electron chi connectivity index (χ2n) is 11.7. The average Bonchev–Trinajstić information content (AvgIpc) is 2.94. The Balaban J connectivity index is 1.18. The van der Waals surface area contributed by atoms with E-state index in [1.807, 2.05) is 48.9 Å². The molecule has 0 aromatic carbocycles. The molecule has 39 heavy (non-hydrogen) atoms. The molecule has 0 aliphatic carbocycles. The maximum atomic E-state index is 12.9. The minimum atomic E-state index is -0.120. The van der Waals surface area contributed by atoms with Crippen molar-refractivity contribution >= 4 is 28.9 Å². The Morgan fingerprint density at radius 1 is 0.872 bits per heavy atom. The van der Waals surface area contributed by atoms with Gasteiger partial charge >= 0.3 is 0 Å². The van der Waals surface area contributed by atoms with Gasteiger partial charge in [-0.2, -0.15) is 0 Å². The molecule has 2 N–H and O–H groups in total. The number of amides is 1. The Kier molecular flexibility index (Phi) is 7.97. The van der Waals surface area contributed by atoms with Gasteiger partial charge in [0.15, 0.2) is 0 Å². The van der Waals surface area contributed by atoms with Crippen LogP contribution in [0.5, 0.6) is 0 Å². The molecule has 0 spiro atoms. The van der Waals surface area contributed by atoms with Crippen molar-refractivity contribution in [3.05, 3.63) is 66.2 Å². The first kappa shape index (κ1) is 26.9. The lowest BCUT2D eigenvalue weighted by molar-refractivity contribution is 0.0928. The van der Waals surface area contributed by atoms with E-state index in [0.717, 1.165) is 80.7 Å². The van der Waals surface area contributed by atoms with Crippen molar-refractivity contribution < 1.29 is 4.79 Å². The molecule has 0 unspecified atom stereocenters. The van der Waals surface area contributed by atoms with Gasteiger partial charge in [-0.25, -0.2) is 9.97 Å². The molecular formula is C30H40N8O. The number of carbonyl (C=O) groups excluding carboxylic acids is 1. The predicted molar refractivity (Wildman–Crippen MR) is 157 cm³/mol. The average molecular weight is 529 g/mol. The third-order valence-corrected chi connectivity index (χ3v) is 7.60. The number of hydrogen-bond donors (Lipinski definition) is 2. The number of nitrogens with zero attached hydrogens (tertiary/aromatic N) is 6. The molecular weight excluding hydrogens is 488 g/mol. The van der Waals surface area contributed by atoms with Crippen LogP contribution in [-0.2, 0) is 5.41 Å². The van der Waals surface area contributed by atoms with Gasteiger partial charge in [0, 0.05) is 69.5 Å². The highest BCUT2D eigenvalue weighted by Gasteiger charge is 2.23. The summed E-state index contributed by atoms with van der Waals surface area (Å²) in [6.07, 6.45) is 7.51. The summed E-state index contributed by atoms with van der Waals surface area (Å²) >= 11 is 0. The van der Waals surface area contributed by atoms with E-state index in [-0.39, 0.29) is 17.4 Å². The standard InChI is InChI=1S/C30H40N8O/c1-30(2,3)22-7-9-26(32-19-22)29(39)34-23-6-5-13-38(21-23)24-11-12-31-28(18-24)35-27-10-8-25(20-33-27)37-16-14-36(4)15-17-37/h7-12,18-20,23H,5-6,13-17,21H2,1-4H3,(H,34,39)(H,31,33,35)/t23-/m0/s1. The first-order chi connectivity index (χ1) is 18.7. The van der Waals surface area contributed by atoms with E-state index in [9.17, 15) is 4.79 Å². The fourth-order valence-electron chi connectivity index (χ4n) is 5.09. The summed E-state index contributed by atoms with van der Waals surface area (Å²) in [5, 5.41) is 6.54. The van der Waals surface area contributed by atoms with Crippen LogP contribution in [0, 0.1) is 0 Å². The maximum absolute atomic E-state index is 12.9. The summed E-state index contributed by atoms with van der Waals surface area (Å²) in [7, 11) is 2.16. The minimum Gasteiger partial charge on any atom is -0.369 e. The quantitative estimate of drug-likeness (QED) is 0.495. The second kappa shape index (κ2) is 11.6. The zero-order chi connectivity index (χ0) is 27.4. The summed E-state index contributed by atoms with van der Waals surface area (Å²) < 4.78 is 0. The van der Waals surface area contributed by atoms with Crippen LogP contribution in [0.15, 0.2) is 55.0 Å². The van der Waals surface area contributed by atoms with Gasteiger partial charge in [0.05, 0.1) is 11.9 Å². The molecule has 9 nitrogen and oxygen atoms in total. The van der Waals surface area contributed by atoms with Gasteiger partial charge in [-0.05, 0) is 55.1 Å². The number of piperazine rings is 1. The van der Waals surface area contributed by atoms with Crippen molar-refractivity contribution in [1.82, 2.24) is 25.2 Å². The topological polar surface area (TPSA) is 89.5 Å². The minimum absolute atomic E-state index is 0.00819. The van der Waals surface area contributed by atoms with Crippen LogP contribution in [0.4, 0.5) is 23.0 Å². The first-order valence-electron chi connectivity index (χ1n) is 13.9. The van der Waals surface area contributed by atoms with E-state index in [0.29, 0.717) is 5.69 Å². The summed E-state index contributed by atoms with van der Waals surface area (Å²) in [4.78, 5) is 33.5. The SMILES string of the molecule is CN1CCN(c2ccc(Nc3cc(N4CCC[C@H](NC(=O)c5ccc(C(C)(C)C)cn5)C4)ccn3)nc2)CC1. The largest absolute Gasteiger partial charge is 0.369 e. The van der Waals surface area contributed by atoms with Crippen LogP contribution < -0.4 is 20.4 Å². The molecule has 2 aliphatic heterocycles. The van der Waals surface area contributed by atoms with Gasteiger partial charge in [-0.1, -0.05) is 26.8 Å². The lowest BCUT2D eigenvalue weighted by atomic mass is 9.88. The Hall–Kier alpha value is -3.72. The van der Waals surface area contributed by atoms with E-state index < -0.39 is 0 Å². The molecule has 2 aliphatic rings. The zero-order valence-corrected chi connectivity index (χ0v) is 23.5. The number of rotatable bonds is 6. The molecule has 2 fully saturated rings. The number of pyridine rings is 3. The normalized spacial score (nSPS) is 18.6. The van der Waals surface area contributed by atoms with Gasteiger partial charge in [-0.15, -0.1) is 0 Å². The third-order valence-electron chi connectivity index (χ3n) is 7.60. The lowest BCUT2D eigenvalue weighted by Crippen LogP contribution is -2.48. The van der Waals surface area contributed by atoms with Gasteiger partial charge in [0.25, 0.3) is 5.91 Å². The lowest BCUT2D eigenvalue weighted by Gasteiger charge is -2.34. The number of anilines is 4. The van der Waals surface area contributed by atoms with Crippen molar-refractivity contribution in [2.75, 3.05) is 61.4 Å². The maximum Gasteiger partial charge on any atom is 0.270 e. The molecule has 3 aromatic rings. The van der Waals surface area contributed by atoms with Crippen LogP contribution in [0.25, 0.3) is 0 Å². The second-order valence-corrected chi connectivity index (χ2v) is 11.7. The smallest absolute Gasteiger partial charge is 0.270 e. The molecule has 0 radical (unpaired) electrons. The number of carbonyl (C=O) groups is 1. The molecule has 1 amide bonds. The highest BCUT2D eigenvalue weighted by Crippen LogP contribution is 2.25. The van der Waals surface area contributed by atoms with Gasteiger partial charge in [-0.3, -0.25) is 9.78 Å². The van der Waals surface area contributed by atoms with Crippen LogP contribution in [-0.4, -0.2) is 78.1 Å². The van der Waals surface area contributed by atoms with E-state index in [4.69, 9.17) is 0 Å². The molecule has 206 valence electrons. The van der Waals surface area contributed by atoms with Gasteiger partial charge in [0.2, 0.25) is 0 Å². The fourth-order valence-corrected chi connectivity index (χ4v) is 5.09. The van der Waals surface area contributed by atoms with E-state index >= 15 is 0 Å². The van der Waals surface area contributed by atoms with Crippen molar-refractivity contribution in [3.8, 4) is 0 Å². The van der Waals surface area contributed by atoms with Crippen LogP contribution >= 0.6 is 0 Å². The number of aromatic nitrogens is 3. The summed E-state index contributed by atoms with van der Waals surface area (Å²) in [5.41, 5.74) is 3.81. The Labute approximate surface area is 231 Å². The monoisotopic (exact) mass is 528 g/mol. The van der Waals surface area contributed by atoms with Crippen LogP contribution in [0.2, 0.25) is 0 Å². The highest BCUT2D eigenvalue weighted by molar-refractivity contribution is 5.92. The molecule has 1 atom stereocenters. The zero-order valence-electron chi connectivity index (χ0n) is 23.5. The first-order valence-corrected chi connectivity index (χ1v) is 13.9. The molecule has 5 rings (SSSR count). The fraction of sp³-hybridized carbons (Fsp3) is 0.467. The number of hydrogen-bond acceptors (Lipinski definition) is 8. The molecule has 9 heteroatoms. The number of likely N-dealkylation sites (N-methyl/N-ethyl adjacent to an activating group) is 1. The highest BCUT2D eigenvalue weighted by atomic mass is 16.1. The number of piperidine rings is 1. The summed E-state index contributed by atoms with van der Waals surface area (Å²) in [6.45, 7) is 12.3. The molecule has 0 bridgehead atoms. The van der Waals surface area contributed by atoms with Crippen molar-refractivity contribution in [3.63, 3.8) is 0 Å². The van der Waals surface area contributed by atoms with E-state index in [1.165, 1.54) is 0 Å². The summed E-state index contributed by atoms with van der Waals surface area (Å²) in [6, 6.07) is 12.1. The Morgan fingerprint density at radius 3 is 2.38 bits per heavy atom. The molecule has 3 aromatic heterocycles. The number of nitrogens with one attached hydrogen (secondary N) is 2. The molecule has 2 saturated heterocycles. The Bertz CT molecular complexity index is 1250. The predicted octanol–water partition coefficient (Wildman–Crippen LogP) is 4.06. The Morgan fingerprint density at radius 2 is 1.69 bits per heavy atom. The molecule has 0 saturated carbocycles. The summed E-state index contributed by atoms with van der Waals surface area (Å²) in [5.74, 6) is 1.40. The van der Waals surface area contributed by atoms with Gasteiger partial charge in [0.1, 0.15) is 17.3 Å². The van der Waals surface area contributed by atoms with E-state index in [1.54, 1.807) is 0 Å². The van der Waals surface area contributed by atoms with Crippen molar-refractivity contribution in [2.45, 2.75) is 45.1 Å². The van der Waals surface area contributed by atoms with Crippen molar-refractivity contribution in [2.24, 2.45) is 0 Å². The molecule has 5 heterocycles. The van der Waals surface area contributed by atoms with Crippen LogP contribution in [0.3, 0.4) is 0 Å². The third kappa shape index (κ3) is 6.84.